The second-order valence-electron chi connectivity index (χ2n) is 2.83. The van der Waals surface area contributed by atoms with Gasteiger partial charge in [-0.15, -0.1) is 0 Å². The third-order valence-corrected chi connectivity index (χ3v) is 1.97. The Labute approximate surface area is 80.8 Å². The molecule has 1 aliphatic heterocycles. The highest BCUT2D eigenvalue weighted by molar-refractivity contribution is 6.00. The molecule has 1 aromatic carbocycles. The van der Waals surface area contributed by atoms with Crippen molar-refractivity contribution in [2.45, 2.75) is 0 Å². The third-order valence-electron chi connectivity index (χ3n) is 1.97. The quantitative estimate of drug-likeness (QED) is 0.522. The van der Waals surface area contributed by atoms with Crippen LogP contribution in [0.15, 0.2) is 23.3 Å². The van der Waals surface area contributed by atoms with E-state index in [9.17, 15) is 4.79 Å². The van der Waals surface area contributed by atoms with Crippen LogP contribution in [0.3, 0.4) is 0 Å². The summed E-state index contributed by atoms with van der Waals surface area (Å²) >= 11 is 0. The van der Waals surface area contributed by atoms with Gasteiger partial charge in [0.2, 0.25) is 0 Å². The van der Waals surface area contributed by atoms with E-state index in [0.29, 0.717) is 17.1 Å². The zero-order valence-electron chi connectivity index (χ0n) is 7.43. The first-order valence-corrected chi connectivity index (χ1v) is 4.05. The zero-order valence-corrected chi connectivity index (χ0v) is 7.43. The number of carbonyl (C=O) groups excluding carboxylic acids is 1. The van der Waals surface area contributed by atoms with Gasteiger partial charge in [0.05, 0.1) is 5.69 Å². The van der Waals surface area contributed by atoms with Crippen LogP contribution in [-0.4, -0.2) is 19.2 Å². The minimum absolute atomic E-state index is 0.0323. The smallest absolute Gasteiger partial charge is 0.285 e. The zero-order chi connectivity index (χ0) is 10.1. The van der Waals surface area contributed by atoms with Crippen molar-refractivity contribution in [2.75, 3.05) is 17.3 Å². The molecular weight excluding hydrogens is 182 g/mol. The number of hydrogen-bond acceptors (Lipinski definition) is 4. The molecule has 1 aromatic rings. The highest BCUT2D eigenvalue weighted by Gasteiger charge is 2.26. The Morgan fingerprint density at radius 2 is 2.36 bits per heavy atom. The summed E-state index contributed by atoms with van der Waals surface area (Å²) < 4.78 is 5.19. The first-order chi connectivity index (χ1) is 6.74. The number of para-hydroxylation sites is 1. The number of benzene rings is 1. The number of rotatable bonds is 1. The molecule has 0 bridgehead atoms. The van der Waals surface area contributed by atoms with Crippen molar-refractivity contribution < 1.29 is 9.53 Å². The maximum atomic E-state index is 11.4. The molecule has 0 radical (unpaired) electrons. The molecule has 72 valence electrons. The van der Waals surface area contributed by atoms with E-state index >= 15 is 0 Å². The summed E-state index contributed by atoms with van der Waals surface area (Å²) in [6, 6.07) is 5.17. The summed E-state index contributed by atoms with van der Waals surface area (Å²) in [5.41, 5.74) is 6.63. The first-order valence-electron chi connectivity index (χ1n) is 4.05. The summed E-state index contributed by atoms with van der Waals surface area (Å²) in [4.78, 5) is 11.4. The Kier molecular flexibility index (Phi) is 1.85. The molecule has 0 aliphatic carbocycles. The Balaban J connectivity index is 2.59. The number of nitrogens with zero attached hydrogens (tertiary/aromatic N) is 2. The summed E-state index contributed by atoms with van der Waals surface area (Å²) in [7, 11) is 0. The number of ether oxygens (including phenoxy) is 1. The number of nitrogens with two attached hydrogens (primary N) is 1. The van der Waals surface area contributed by atoms with Crippen LogP contribution in [0.25, 0.3) is 0 Å². The number of fused-ring (bicyclic) bond motifs is 1. The van der Waals surface area contributed by atoms with Crippen LogP contribution in [0.4, 0.5) is 11.4 Å². The summed E-state index contributed by atoms with van der Waals surface area (Å²) in [6.45, 7) is 3.29. The molecule has 14 heavy (non-hydrogen) atoms. The molecule has 1 aliphatic rings. The molecule has 0 atom stereocenters. The fraction of sp³-hybridized carbons (Fsp3) is 0.111. The van der Waals surface area contributed by atoms with Gasteiger partial charge in [-0.3, -0.25) is 4.79 Å². The van der Waals surface area contributed by atoms with Gasteiger partial charge in [0, 0.05) is 6.72 Å². The number of anilines is 2. The predicted molar refractivity (Wildman–Crippen MR) is 53.4 cm³/mol. The van der Waals surface area contributed by atoms with E-state index in [1.54, 1.807) is 18.2 Å². The van der Waals surface area contributed by atoms with E-state index in [-0.39, 0.29) is 12.5 Å². The second-order valence-corrected chi connectivity index (χ2v) is 2.83. The molecule has 0 saturated carbocycles. The van der Waals surface area contributed by atoms with Gasteiger partial charge >= 0.3 is 0 Å². The van der Waals surface area contributed by atoms with E-state index < -0.39 is 0 Å². The van der Waals surface area contributed by atoms with Crippen LogP contribution in [-0.2, 0) is 4.79 Å². The van der Waals surface area contributed by atoms with Gasteiger partial charge in [0.25, 0.3) is 5.91 Å². The van der Waals surface area contributed by atoms with E-state index in [2.05, 4.69) is 11.8 Å². The molecule has 0 spiro atoms. The molecule has 2 N–H and O–H groups in total. The largest absolute Gasteiger partial charge is 0.481 e. The highest BCUT2D eigenvalue weighted by atomic mass is 16.5. The minimum Gasteiger partial charge on any atom is -0.481 e. The first kappa shape index (κ1) is 8.55. The van der Waals surface area contributed by atoms with Gasteiger partial charge in [-0.2, -0.15) is 10.1 Å². The predicted octanol–water partition coefficient (Wildman–Crippen LogP) is 0.610. The number of carbonyl (C=O) groups is 1. The average Bonchev–Trinajstić information content (AvgIpc) is 2.19. The summed E-state index contributed by atoms with van der Waals surface area (Å²) in [5, 5.41) is 4.77. The van der Waals surface area contributed by atoms with Gasteiger partial charge in [-0.25, -0.2) is 0 Å². The van der Waals surface area contributed by atoms with Crippen LogP contribution >= 0.6 is 0 Å². The molecule has 0 fully saturated rings. The monoisotopic (exact) mass is 191 g/mol. The molecule has 1 amide bonds. The van der Waals surface area contributed by atoms with Crippen LogP contribution < -0.4 is 15.5 Å². The average molecular weight is 191 g/mol. The van der Waals surface area contributed by atoms with Crippen molar-refractivity contribution >= 4 is 24.0 Å². The number of nitrogen functional groups attached to an aromatic ring is 1. The van der Waals surface area contributed by atoms with Crippen molar-refractivity contribution in [3.8, 4) is 5.75 Å². The molecular formula is C9H9N3O2. The van der Waals surface area contributed by atoms with Gasteiger partial charge in [-0.1, -0.05) is 6.07 Å². The van der Waals surface area contributed by atoms with E-state index in [0.717, 1.165) is 5.01 Å². The molecule has 5 nitrogen and oxygen atoms in total. The van der Waals surface area contributed by atoms with Gasteiger partial charge < -0.3 is 10.5 Å². The lowest BCUT2D eigenvalue weighted by atomic mass is 10.2. The van der Waals surface area contributed by atoms with Gasteiger partial charge in [-0.05, 0) is 12.1 Å². The normalized spacial score (nSPS) is 14.6. The molecule has 1 heterocycles. The Morgan fingerprint density at radius 1 is 1.57 bits per heavy atom. The summed E-state index contributed by atoms with van der Waals surface area (Å²) in [6.07, 6.45) is 0. The van der Waals surface area contributed by atoms with Crippen molar-refractivity contribution in [3.63, 3.8) is 0 Å². The van der Waals surface area contributed by atoms with Gasteiger partial charge in [0.15, 0.2) is 6.61 Å². The molecule has 2 rings (SSSR count). The number of hydrazone groups is 1. The minimum atomic E-state index is -0.273. The molecule has 0 saturated heterocycles. The maximum absolute atomic E-state index is 11.4. The van der Waals surface area contributed by atoms with E-state index in [1.807, 2.05) is 0 Å². The molecule has 0 unspecified atom stereocenters. The van der Waals surface area contributed by atoms with Crippen LogP contribution in [0.2, 0.25) is 0 Å². The van der Waals surface area contributed by atoms with E-state index in [4.69, 9.17) is 10.5 Å². The van der Waals surface area contributed by atoms with Crippen molar-refractivity contribution in [1.82, 2.24) is 0 Å². The topological polar surface area (TPSA) is 67.9 Å². The Morgan fingerprint density at radius 3 is 3.07 bits per heavy atom. The SMILES string of the molecule is C=NN1C(=O)COc2cccc(N)c21. The Bertz CT molecular complexity index is 403. The van der Waals surface area contributed by atoms with Crippen molar-refractivity contribution in [2.24, 2.45) is 5.10 Å². The van der Waals surface area contributed by atoms with Crippen LogP contribution in [0, 0.1) is 0 Å². The highest BCUT2D eigenvalue weighted by Crippen LogP contribution is 2.36. The lowest BCUT2D eigenvalue weighted by molar-refractivity contribution is -0.121. The second kappa shape index (κ2) is 3.02. The van der Waals surface area contributed by atoms with E-state index in [1.165, 1.54) is 0 Å². The Hall–Kier alpha value is -2.04. The van der Waals surface area contributed by atoms with Crippen LogP contribution in [0.5, 0.6) is 5.75 Å². The fourth-order valence-electron chi connectivity index (χ4n) is 1.36. The number of amides is 1. The molecule has 5 heteroatoms. The van der Waals surface area contributed by atoms with Crippen molar-refractivity contribution in [1.29, 1.82) is 0 Å². The standard InChI is InChI=1S/C9H9N3O2/c1-11-12-8(13)5-14-7-4-2-3-6(10)9(7)12/h2-4H,1,5,10H2. The fourth-order valence-corrected chi connectivity index (χ4v) is 1.36. The summed E-state index contributed by atoms with van der Waals surface area (Å²) in [5.74, 6) is 0.280. The molecule has 0 aromatic heterocycles. The number of hydrogen-bond donors (Lipinski definition) is 1. The van der Waals surface area contributed by atoms with Gasteiger partial charge in [0.1, 0.15) is 11.4 Å². The van der Waals surface area contributed by atoms with Crippen molar-refractivity contribution in [3.05, 3.63) is 18.2 Å². The third kappa shape index (κ3) is 1.10. The van der Waals surface area contributed by atoms with Crippen LogP contribution in [0.1, 0.15) is 0 Å². The lowest BCUT2D eigenvalue weighted by Gasteiger charge is -2.25. The lowest BCUT2D eigenvalue weighted by Crippen LogP contribution is -2.35. The maximum Gasteiger partial charge on any atom is 0.285 e.